The molecule has 1 aromatic heterocycles. The zero-order chi connectivity index (χ0) is 23.8. The van der Waals surface area contributed by atoms with Gasteiger partial charge in [-0.1, -0.05) is 66.8 Å². The average molecular weight is 478 g/mol. The van der Waals surface area contributed by atoms with Gasteiger partial charge in [0.05, 0.1) is 11.3 Å². The Balaban J connectivity index is 1.78. The summed E-state index contributed by atoms with van der Waals surface area (Å²) in [7, 11) is 1.64. The number of aromatic nitrogens is 1. The van der Waals surface area contributed by atoms with Crippen LogP contribution in [-0.4, -0.2) is 22.9 Å². The van der Waals surface area contributed by atoms with Crippen LogP contribution in [0.15, 0.2) is 72.8 Å². The highest BCUT2D eigenvalue weighted by Crippen LogP contribution is 2.56. The Morgan fingerprint density at radius 1 is 0.971 bits per heavy atom. The predicted molar refractivity (Wildman–Crippen MR) is 128 cm³/mol. The number of rotatable bonds is 1. The molecule has 4 nitrogen and oxygen atoms in total. The topological polar surface area (TPSA) is 48.1 Å². The van der Waals surface area contributed by atoms with E-state index in [0.717, 1.165) is 17.0 Å². The van der Waals surface area contributed by atoms with Crippen LogP contribution in [0, 0.1) is 0 Å². The van der Waals surface area contributed by atoms with Crippen molar-refractivity contribution in [2.24, 2.45) is 0 Å². The minimum atomic E-state index is -4.60. The fraction of sp³-hybridized carbons (Fsp3) is 0.154. The Morgan fingerprint density at radius 2 is 1.65 bits per heavy atom. The van der Waals surface area contributed by atoms with Crippen LogP contribution in [0.1, 0.15) is 33.9 Å². The number of anilines is 1. The first-order valence-corrected chi connectivity index (χ1v) is 11.1. The van der Waals surface area contributed by atoms with Crippen LogP contribution in [0.25, 0.3) is 10.9 Å². The molecule has 0 radical (unpaired) electrons. The average Bonchev–Trinajstić information content (AvgIpc) is 3.31. The normalized spacial score (nSPS) is 21.6. The van der Waals surface area contributed by atoms with Gasteiger partial charge < -0.3 is 15.2 Å². The van der Waals surface area contributed by atoms with Gasteiger partial charge in [0.25, 0.3) is 5.91 Å². The van der Waals surface area contributed by atoms with Crippen LogP contribution >= 0.6 is 12.2 Å². The lowest BCUT2D eigenvalue weighted by Gasteiger charge is -2.43. The number of amides is 1. The summed E-state index contributed by atoms with van der Waals surface area (Å²) in [4.78, 5) is 19.1. The molecular weight excluding hydrogens is 459 g/mol. The van der Waals surface area contributed by atoms with Gasteiger partial charge in [0, 0.05) is 35.1 Å². The lowest BCUT2D eigenvalue weighted by molar-refractivity contribution is -0.139. The predicted octanol–water partition coefficient (Wildman–Crippen LogP) is 5.47. The van der Waals surface area contributed by atoms with Gasteiger partial charge >= 0.3 is 6.18 Å². The molecule has 2 atom stereocenters. The number of likely N-dealkylation sites (N-methyl/N-ethyl adjacent to an activating group) is 1. The van der Waals surface area contributed by atoms with Crippen molar-refractivity contribution in [1.82, 2.24) is 10.3 Å². The van der Waals surface area contributed by atoms with E-state index in [9.17, 15) is 18.0 Å². The van der Waals surface area contributed by atoms with Crippen molar-refractivity contribution in [2.45, 2.75) is 17.6 Å². The third kappa shape index (κ3) is 2.60. The van der Waals surface area contributed by atoms with Crippen molar-refractivity contribution in [2.75, 3.05) is 11.9 Å². The van der Waals surface area contributed by atoms with Crippen molar-refractivity contribution in [3.8, 4) is 0 Å². The Hall–Kier alpha value is -3.65. The van der Waals surface area contributed by atoms with Crippen molar-refractivity contribution in [1.29, 1.82) is 0 Å². The van der Waals surface area contributed by atoms with Gasteiger partial charge in [-0.05, 0) is 29.3 Å². The van der Waals surface area contributed by atoms with Crippen LogP contribution in [0.3, 0.4) is 0 Å². The smallest absolute Gasteiger partial charge is 0.356 e. The number of hydrogen-bond acceptors (Lipinski definition) is 2. The molecule has 4 aromatic rings. The van der Waals surface area contributed by atoms with E-state index in [4.69, 9.17) is 12.2 Å². The molecule has 170 valence electrons. The van der Waals surface area contributed by atoms with Gasteiger partial charge in [0.15, 0.2) is 5.54 Å². The van der Waals surface area contributed by atoms with E-state index in [1.807, 2.05) is 24.3 Å². The van der Waals surface area contributed by atoms with Crippen LogP contribution < -0.4 is 10.2 Å². The molecule has 1 spiro atoms. The number of halogens is 3. The molecule has 8 heteroatoms. The number of fused-ring (bicyclic) bond motifs is 5. The van der Waals surface area contributed by atoms with Crippen molar-refractivity contribution < 1.29 is 18.0 Å². The van der Waals surface area contributed by atoms with E-state index >= 15 is 0 Å². The highest BCUT2D eigenvalue weighted by atomic mass is 32.1. The summed E-state index contributed by atoms with van der Waals surface area (Å²) in [6.45, 7) is 0. The Labute approximate surface area is 198 Å². The van der Waals surface area contributed by atoms with E-state index in [1.165, 1.54) is 17.0 Å². The standard InChI is InChI=1S/C26H18F3N3OS/c1-32-19-13-7-5-11-17(19)25(24(32)33)21(14-8-2-4-10-16(14)26(27,28)29)20-15-9-3-6-12-18(15)30-22(20)23(34)31-25/h2-13,21,30H,1H3,(H,31,34). The Kier molecular flexibility index (Phi) is 4.26. The third-order valence-electron chi connectivity index (χ3n) is 6.92. The molecule has 34 heavy (non-hydrogen) atoms. The number of nitrogens with zero attached hydrogens (tertiary/aromatic N) is 1. The van der Waals surface area contributed by atoms with E-state index in [2.05, 4.69) is 10.3 Å². The van der Waals surface area contributed by atoms with Gasteiger partial charge in [-0.3, -0.25) is 4.79 Å². The molecule has 0 saturated carbocycles. The summed E-state index contributed by atoms with van der Waals surface area (Å²) in [5, 5.41) is 3.95. The summed E-state index contributed by atoms with van der Waals surface area (Å²) in [5.74, 6) is -1.34. The lowest BCUT2D eigenvalue weighted by atomic mass is 9.67. The number of carbonyl (C=O) groups excluding carboxylic acids is 1. The molecule has 3 heterocycles. The molecule has 2 aliphatic rings. The number of benzene rings is 3. The molecule has 0 aliphatic carbocycles. The number of aromatic amines is 1. The number of nitrogens with one attached hydrogen (secondary N) is 2. The molecule has 0 saturated heterocycles. The molecular formula is C26H18F3N3OS. The number of alkyl halides is 3. The minimum Gasteiger partial charge on any atom is -0.356 e. The summed E-state index contributed by atoms with van der Waals surface area (Å²) in [6.07, 6.45) is -4.60. The second kappa shape index (κ2) is 6.93. The summed E-state index contributed by atoms with van der Waals surface area (Å²) >= 11 is 5.71. The van der Waals surface area contributed by atoms with Gasteiger partial charge in [-0.2, -0.15) is 13.2 Å². The summed E-state index contributed by atoms with van der Waals surface area (Å²) in [6, 6.07) is 20.0. The molecule has 0 bridgehead atoms. The summed E-state index contributed by atoms with van der Waals surface area (Å²) in [5.41, 5.74) is 0.832. The maximum atomic E-state index is 14.3. The van der Waals surface area contributed by atoms with E-state index in [-0.39, 0.29) is 11.5 Å². The number of carbonyl (C=O) groups is 1. The maximum absolute atomic E-state index is 14.3. The lowest BCUT2D eigenvalue weighted by Crippen LogP contribution is -2.59. The van der Waals surface area contributed by atoms with Crippen LogP contribution in [0.5, 0.6) is 0 Å². The first kappa shape index (κ1) is 20.9. The van der Waals surface area contributed by atoms with Gasteiger partial charge in [-0.15, -0.1) is 0 Å². The molecule has 0 fully saturated rings. The van der Waals surface area contributed by atoms with E-state index in [1.54, 1.807) is 37.4 Å². The first-order chi connectivity index (χ1) is 16.2. The molecule has 2 aliphatic heterocycles. The second-order valence-electron chi connectivity index (χ2n) is 8.62. The van der Waals surface area contributed by atoms with E-state index in [0.29, 0.717) is 27.5 Å². The van der Waals surface area contributed by atoms with Gasteiger partial charge in [0.1, 0.15) is 4.99 Å². The largest absolute Gasteiger partial charge is 0.416 e. The van der Waals surface area contributed by atoms with Crippen molar-refractivity contribution >= 4 is 39.7 Å². The number of hydrogen-bond donors (Lipinski definition) is 2. The van der Waals surface area contributed by atoms with Crippen molar-refractivity contribution in [3.05, 3.63) is 101 Å². The number of thiocarbonyl (C=S) groups is 1. The zero-order valence-electron chi connectivity index (χ0n) is 17.9. The molecule has 1 amide bonds. The molecule has 2 unspecified atom stereocenters. The van der Waals surface area contributed by atoms with Crippen LogP contribution in [0.2, 0.25) is 0 Å². The minimum absolute atomic E-state index is 0.0226. The van der Waals surface area contributed by atoms with Crippen LogP contribution in [-0.2, 0) is 16.5 Å². The summed E-state index contributed by atoms with van der Waals surface area (Å²) < 4.78 is 42.9. The Bertz CT molecular complexity index is 1510. The molecule has 2 N–H and O–H groups in total. The number of para-hydroxylation sites is 2. The van der Waals surface area contributed by atoms with Crippen LogP contribution in [0.4, 0.5) is 18.9 Å². The second-order valence-corrected chi connectivity index (χ2v) is 9.03. The third-order valence-corrected chi connectivity index (χ3v) is 7.22. The Morgan fingerprint density at radius 3 is 2.44 bits per heavy atom. The molecule has 3 aromatic carbocycles. The highest BCUT2D eigenvalue weighted by Gasteiger charge is 2.60. The fourth-order valence-corrected chi connectivity index (χ4v) is 5.88. The van der Waals surface area contributed by atoms with Crippen molar-refractivity contribution in [3.63, 3.8) is 0 Å². The highest BCUT2D eigenvalue weighted by molar-refractivity contribution is 7.80. The van der Waals surface area contributed by atoms with E-state index < -0.39 is 23.2 Å². The number of H-pyrrole nitrogens is 1. The molecule has 6 rings (SSSR count). The van der Waals surface area contributed by atoms with Gasteiger partial charge in [0.2, 0.25) is 0 Å². The first-order valence-electron chi connectivity index (χ1n) is 10.7. The maximum Gasteiger partial charge on any atom is 0.416 e. The SMILES string of the molecule is CN1C(=O)C2(NC(=S)c3[nH]c4ccccc4c3C2c2ccccc2C(F)(F)F)c2ccccc21. The fourth-order valence-electron chi connectivity index (χ4n) is 5.56. The monoisotopic (exact) mass is 477 g/mol. The van der Waals surface area contributed by atoms with Gasteiger partial charge in [-0.25, -0.2) is 0 Å². The zero-order valence-corrected chi connectivity index (χ0v) is 18.7. The quantitative estimate of drug-likeness (QED) is 0.358.